The van der Waals surface area contributed by atoms with Gasteiger partial charge in [-0.2, -0.15) is 0 Å². The van der Waals surface area contributed by atoms with Crippen molar-refractivity contribution < 1.29 is 9.53 Å². The Morgan fingerprint density at radius 2 is 2.20 bits per heavy atom. The van der Waals surface area contributed by atoms with Gasteiger partial charge < -0.3 is 15.4 Å². The first kappa shape index (κ1) is 18.2. The third-order valence-electron chi connectivity index (χ3n) is 4.32. The fraction of sp³-hybridized carbons (Fsp3) is 0.444. The molecule has 0 radical (unpaired) electrons. The molecule has 2 heterocycles. The summed E-state index contributed by atoms with van der Waals surface area (Å²) in [4.78, 5) is 17.7. The summed E-state index contributed by atoms with van der Waals surface area (Å²) >= 11 is 7.25. The first-order chi connectivity index (χ1) is 12.0. The number of aryl methyl sites for hydroxylation is 1. The molecule has 1 fully saturated rings. The zero-order valence-electron chi connectivity index (χ0n) is 14.3. The number of amides is 1. The first-order valence-electron chi connectivity index (χ1n) is 8.39. The van der Waals surface area contributed by atoms with Crippen molar-refractivity contribution in [3.8, 4) is 5.75 Å². The van der Waals surface area contributed by atoms with E-state index in [0.29, 0.717) is 22.4 Å². The molecule has 0 bridgehead atoms. The molecule has 1 aromatic carbocycles. The van der Waals surface area contributed by atoms with Gasteiger partial charge in [0, 0.05) is 11.1 Å². The highest BCUT2D eigenvalue weighted by molar-refractivity contribution is 7.13. The summed E-state index contributed by atoms with van der Waals surface area (Å²) in [6.45, 7) is 6.24. The first-order valence-corrected chi connectivity index (χ1v) is 9.58. The van der Waals surface area contributed by atoms with E-state index in [0.717, 1.165) is 36.0 Å². The Hall–Kier alpha value is -1.63. The number of aromatic nitrogens is 1. The van der Waals surface area contributed by atoms with Crippen LogP contribution >= 0.6 is 22.9 Å². The molecule has 3 rings (SSSR count). The molecule has 2 atom stereocenters. The minimum Gasteiger partial charge on any atom is -0.486 e. The predicted molar refractivity (Wildman–Crippen MR) is 101 cm³/mol. The van der Waals surface area contributed by atoms with Gasteiger partial charge in [0.25, 0.3) is 5.91 Å². The second-order valence-corrected chi connectivity index (χ2v) is 7.83. The average Bonchev–Trinajstić information content (AvgIpc) is 2.97. The van der Waals surface area contributed by atoms with Crippen molar-refractivity contribution in [1.82, 2.24) is 15.6 Å². The van der Waals surface area contributed by atoms with Gasteiger partial charge in [0.05, 0.1) is 5.69 Å². The van der Waals surface area contributed by atoms with Crippen LogP contribution in [-0.2, 0) is 6.61 Å². The maximum atomic E-state index is 12.6. The van der Waals surface area contributed by atoms with Gasteiger partial charge in [-0.05, 0) is 56.6 Å². The standard InChI is InChI=1S/C18H22ClN3O2S/c1-11-9-20-8-7-15(11)22-18(23)17-12(2)21-16(25-17)10-24-14-5-3-13(19)4-6-14/h3-6,11,15,20H,7-10H2,1-2H3,(H,22,23). The van der Waals surface area contributed by atoms with Gasteiger partial charge in [0.2, 0.25) is 0 Å². The number of halogens is 1. The number of ether oxygens (including phenoxy) is 1. The molecule has 2 unspecified atom stereocenters. The summed E-state index contributed by atoms with van der Waals surface area (Å²) in [6.07, 6.45) is 0.956. The van der Waals surface area contributed by atoms with E-state index in [9.17, 15) is 4.79 Å². The molecule has 1 saturated heterocycles. The van der Waals surface area contributed by atoms with Gasteiger partial charge in [-0.15, -0.1) is 11.3 Å². The third kappa shape index (κ3) is 4.71. The molecular formula is C18H22ClN3O2S. The van der Waals surface area contributed by atoms with Crippen molar-refractivity contribution in [3.05, 3.63) is 44.9 Å². The lowest BCUT2D eigenvalue weighted by Gasteiger charge is -2.30. The highest BCUT2D eigenvalue weighted by Gasteiger charge is 2.25. The molecule has 1 amide bonds. The number of hydrogen-bond donors (Lipinski definition) is 2. The highest BCUT2D eigenvalue weighted by atomic mass is 35.5. The number of rotatable bonds is 5. The Morgan fingerprint density at radius 3 is 2.92 bits per heavy atom. The monoisotopic (exact) mass is 379 g/mol. The molecule has 0 saturated carbocycles. The molecule has 1 aliphatic rings. The number of piperidine rings is 1. The summed E-state index contributed by atoms with van der Waals surface area (Å²) in [5, 5.41) is 7.96. The smallest absolute Gasteiger partial charge is 0.263 e. The van der Waals surface area contributed by atoms with Gasteiger partial charge >= 0.3 is 0 Å². The van der Waals surface area contributed by atoms with E-state index in [2.05, 4.69) is 22.5 Å². The van der Waals surface area contributed by atoms with Crippen LogP contribution in [0.15, 0.2) is 24.3 Å². The third-order valence-corrected chi connectivity index (χ3v) is 5.71. The van der Waals surface area contributed by atoms with E-state index in [-0.39, 0.29) is 11.9 Å². The van der Waals surface area contributed by atoms with Crippen molar-refractivity contribution in [2.45, 2.75) is 32.9 Å². The van der Waals surface area contributed by atoms with Crippen LogP contribution in [0.3, 0.4) is 0 Å². The Morgan fingerprint density at radius 1 is 1.44 bits per heavy atom. The Bertz CT molecular complexity index is 732. The minimum atomic E-state index is -0.0357. The van der Waals surface area contributed by atoms with Crippen LogP contribution in [0.4, 0.5) is 0 Å². The number of carbonyl (C=O) groups is 1. The minimum absolute atomic E-state index is 0.0357. The summed E-state index contributed by atoms with van der Waals surface area (Å²) in [6, 6.07) is 7.40. The van der Waals surface area contributed by atoms with E-state index in [4.69, 9.17) is 16.3 Å². The quantitative estimate of drug-likeness (QED) is 0.835. The van der Waals surface area contributed by atoms with Gasteiger partial charge in [-0.25, -0.2) is 4.98 Å². The summed E-state index contributed by atoms with van der Waals surface area (Å²) < 4.78 is 5.71. The molecule has 7 heteroatoms. The fourth-order valence-corrected chi connectivity index (χ4v) is 3.87. The van der Waals surface area contributed by atoms with Crippen LogP contribution in [0.25, 0.3) is 0 Å². The van der Waals surface area contributed by atoms with Gasteiger partial charge in [-0.1, -0.05) is 18.5 Å². The molecular weight excluding hydrogens is 358 g/mol. The molecule has 0 aliphatic carbocycles. The number of benzene rings is 1. The summed E-state index contributed by atoms with van der Waals surface area (Å²) in [5.41, 5.74) is 0.749. The maximum Gasteiger partial charge on any atom is 0.263 e. The molecule has 1 aliphatic heterocycles. The Kier molecular flexibility index (Phi) is 5.93. The van der Waals surface area contributed by atoms with E-state index < -0.39 is 0 Å². The Labute approximate surface area is 156 Å². The molecule has 2 aromatic rings. The van der Waals surface area contributed by atoms with Crippen LogP contribution in [0.2, 0.25) is 5.02 Å². The van der Waals surface area contributed by atoms with Crippen LogP contribution < -0.4 is 15.4 Å². The van der Waals surface area contributed by atoms with E-state index in [1.807, 2.05) is 19.1 Å². The molecule has 0 spiro atoms. The van der Waals surface area contributed by atoms with Crippen molar-refractivity contribution in [2.75, 3.05) is 13.1 Å². The maximum absolute atomic E-state index is 12.6. The second-order valence-electron chi connectivity index (χ2n) is 6.31. The Balaban J connectivity index is 1.61. The van der Waals surface area contributed by atoms with Crippen molar-refractivity contribution in [2.24, 2.45) is 5.92 Å². The zero-order valence-corrected chi connectivity index (χ0v) is 15.9. The number of hydrogen-bond acceptors (Lipinski definition) is 5. The SMILES string of the molecule is Cc1nc(COc2ccc(Cl)cc2)sc1C(=O)NC1CCNCC1C. The lowest BCUT2D eigenvalue weighted by atomic mass is 9.95. The van der Waals surface area contributed by atoms with Crippen molar-refractivity contribution in [3.63, 3.8) is 0 Å². The number of thiazole rings is 1. The summed E-state index contributed by atoms with van der Waals surface area (Å²) in [7, 11) is 0. The lowest BCUT2D eigenvalue weighted by Crippen LogP contribution is -2.48. The van der Waals surface area contributed by atoms with E-state index in [1.54, 1.807) is 12.1 Å². The largest absolute Gasteiger partial charge is 0.486 e. The van der Waals surface area contributed by atoms with Crippen LogP contribution in [-0.4, -0.2) is 30.0 Å². The van der Waals surface area contributed by atoms with Crippen molar-refractivity contribution >= 4 is 28.8 Å². The van der Waals surface area contributed by atoms with Gasteiger partial charge in [-0.3, -0.25) is 4.79 Å². The zero-order chi connectivity index (χ0) is 17.8. The molecule has 1 aromatic heterocycles. The number of nitrogens with zero attached hydrogens (tertiary/aromatic N) is 1. The molecule has 2 N–H and O–H groups in total. The molecule has 25 heavy (non-hydrogen) atoms. The van der Waals surface area contributed by atoms with E-state index >= 15 is 0 Å². The van der Waals surface area contributed by atoms with Gasteiger partial charge in [0.15, 0.2) is 0 Å². The second kappa shape index (κ2) is 8.17. The predicted octanol–water partition coefficient (Wildman–Crippen LogP) is 3.41. The number of nitrogens with one attached hydrogen (secondary N) is 2. The van der Waals surface area contributed by atoms with Crippen LogP contribution in [0.1, 0.15) is 33.7 Å². The molecule has 5 nitrogen and oxygen atoms in total. The topological polar surface area (TPSA) is 63.2 Å². The number of carbonyl (C=O) groups excluding carboxylic acids is 1. The lowest BCUT2D eigenvalue weighted by molar-refractivity contribution is 0.0917. The van der Waals surface area contributed by atoms with Crippen molar-refractivity contribution in [1.29, 1.82) is 0 Å². The van der Waals surface area contributed by atoms with Gasteiger partial charge in [0.1, 0.15) is 22.2 Å². The summed E-state index contributed by atoms with van der Waals surface area (Å²) in [5.74, 6) is 1.12. The normalized spacial score (nSPS) is 20.3. The van der Waals surface area contributed by atoms with E-state index in [1.165, 1.54) is 11.3 Å². The highest BCUT2D eigenvalue weighted by Crippen LogP contribution is 2.22. The van der Waals surface area contributed by atoms with Crippen LogP contribution in [0.5, 0.6) is 5.75 Å². The molecule has 134 valence electrons. The fourth-order valence-electron chi connectivity index (χ4n) is 2.86. The average molecular weight is 380 g/mol. The van der Waals surface area contributed by atoms with Crippen LogP contribution in [0, 0.1) is 12.8 Å².